The Balaban J connectivity index is 2.08. The summed E-state index contributed by atoms with van der Waals surface area (Å²) in [6, 6.07) is 10.0. The summed E-state index contributed by atoms with van der Waals surface area (Å²) in [6.07, 6.45) is 5.25. The monoisotopic (exact) mass is 266 g/mol. The number of thiophene rings is 1. The molecule has 0 atom stereocenters. The molecule has 0 saturated carbocycles. The summed E-state index contributed by atoms with van der Waals surface area (Å²) in [5, 5.41) is 2.12. The van der Waals surface area contributed by atoms with E-state index in [2.05, 4.69) is 24.1 Å². The normalized spacial score (nSPS) is 12.9. The van der Waals surface area contributed by atoms with E-state index in [1.807, 2.05) is 24.3 Å². The van der Waals surface area contributed by atoms with Crippen LogP contribution in [0.1, 0.15) is 32.8 Å². The Morgan fingerprint density at radius 1 is 1.32 bits per heavy atom. The molecule has 0 amide bonds. The van der Waals surface area contributed by atoms with Crippen molar-refractivity contribution < 1.29 is 4.79 Å². The van der Waals surface area contributed by atoms with Gasteiger partial charge in [-0.25, -0.2) is 0 Å². The zero-order chi connectivity index (χ0) is 13.2. The van der Waals surface area contributed by atoms with Crippen LogP contribution in [0, 0.1) is 0 Å². The summed E-state index contributed by atoms with van der Waals surface area (Å²) in [5.74, 6) is 0.136. The molecule has 2 aromatic rings. The number of fused-ring (bicyclic) bond motifs is 1. The van der Waals surface area contributed by atoms with E-state index in [1.165, 1.54) is 16.0 Å². The van der Waals surface area contributed by atoms with E-state index in [9.17, 15) is 4.79 Å². The minimum absolute atomic E-state index is 0.136. The minimum Gasteiger partial charge on any atom is -0.294 e. The lowest BCUT2D eigenvalue weighted by atomic mass is 9.96. The van der Waals surface area contributed by atoms with Crippen LogP contribution in [0.5, 0.6) is 0 Å². The second-order valence-electron chi connectivity index (χ2n) is 4.56. The van der Waals surface area contributed by atoms with Crippen LogP contribution in [0.25, 0.3) is 5.57 Å². The molecule has 0 aliphatic heterocycles. The van der Waals surface area contributed by atoms with Crippen molar-refractivity contribution in [1.82, 2.24) is 0 Å². The fraction of sp³-hybridized carbons (Fsp3) is 0.118. The number of allylic oxidation sites excluding steroid dienone is 2. The number of carbonyl (C=O) groups is 1. The van der Waals surface area contributed by atoms with Crippen molar-refractivity contribution in [2.45, 2.75) is 12.8 Å². The fourth-order valence-electron chi connectivity index (χ4n) is 2.47. The molecule has 1 aliphatic carbocycles. The highest BCUT2D eigenvalue weighted by atomic mass is 32.1. The number of Topliss-reactive ketones (excluding diaryl/α,β-unsaturated/α-hetero) is 1. The van der Waals surface area contributed by atoms with Gasteiger partial charge in [0.2, 0.25) is 0 Å². The highest BCUT2D eigenvalue weighted by Crippen LogP contribution is 2.37. The van der Waals surface area contributed by atoms with Crippen molar-refractivity contribution in [2.24, 2.45) is 0 Å². The van der Waals surface area contributed by atoms with Gasteiger partial charge in [0.25, 0.3) is 0 Å². The number of carbonyl (C=O) groups excluding carboxylic acids is 1. The molecule has 0 N–H and O–H groups in total. The molecule has 0 radical (unpaired) electrons. The molecule has 1 aromatic heterocycles. The Kier molecular flexibility index (Phi) is 3.18. The first-order chi connectivity index (χ1) is 9.31. The Hall–Kier alpha value is -1.93. The summed E-state index contributed by atoms with van der Waals surface area (Å²) in [5.41, 5.74) is 4.43. The first kappa shape index (κ1) is 12.1. The maximum absolute atomic E-state index is 12.2. The molecule has 1 nitrogen and oxygen atoms in total. The van der Waals surface area contributed by atoms with Crippen molar-refractivity contribution in [2.75, 3.05) is 0 Å². The van der Waals surface area contributed by atoms with Gasteiger partial charge in [-0.2, -0.15) is 0 Å². The van der Waals surface area contributed by atoms with Crippen LogP contribution in [0.15, 0.2) is 54.4 Å². The maximum Gasteiger partial charge on any atom is 0.167 e. The number of benzene rings is 1. The first-order valence-electron chi connectivity index (χ1n) is 6.31. The fourth-order valence-corrected chi connectivity index (χ4v) is 3.46. The molecule has 1 aliphatic rings. The molecule has 0 saturated heterocycles. The molecular formula is C17H14OS. The largest absolute Gasteiger partial charge is 0.294 e. The SMILES string of the molecule is C=CCC(=O)c1ccccc1C1=CCc2ccsc21. The number of hydrogen-bond donors (Lipinski definition) is 0. The second-order valence-corrected chi connectivity index (χ2v) is 5.47. The van der Waals surface area contributed by atoms with Crippen LogP contribution in [-0.2, 0) is 6.42 Å². The number of hydrogen-bond acceptors (Lipinski definition) is 2. The van der Waals surface area contributed by atoms with E-state index in [1.54, 1.807) is 17.4 Å². The molecule has 0 unspecified atom stereocenters. The lowest BCUT2D eigenvalue weighted by Gasteiger charge is -2.09. The van der Waals surface area contributed by atoms with Crippen LogP contribution in [0.2, 0.25) is 0 Å². The zero-order valence-corrected chi connectivity index (χ0v) is 11.4. The third kappa shape index (κ3) is 2.08. The van der Waals surface area contributed by atoms with Crippen molar-refractivity contribution in [3.8, 4) is 0 Å². The molecule has 2 heteroatoms. The van der Waals surface area contributed by atoms with Gasteiger partial charge in [-0.05, 0) is 34.6 Å². The maximum atomic E-state index is 12.2. The molecule has 1 aromatic carbocycles. The lowest BCUT2D eigenvalue weighted by molar-refractivity contribution is 0.0995. The van der Waals surface area contributed by atoms with Crippen molar-refractivity contribution in [3.05, 3.63) is 76.0 Å². The van der Waals surface area contributed by atoms with E-state index in [4.69, 9.17) is 0 Å². The molecule has 3 rings (SSSR count). The van der Waals surface area contributed by atoms with Crippen LogP contribution in [0.4, 0.5) is 0 Å². The average molecular weight is 266 g/mol. The molecule has 1 heterocycles. The van der Waals surface area contributed by atoms with Gasteiger partial charge in [0, 0.05) is 16.9 Å². The standard InChI is InChI=1S/C17H14OS/c1-2-5-16(18)14-7-4-3-6-13(14)15-9-8-12-10-11-19-17(12)15/h2-4,6-7,9-11H,1,5,8H2. The van der Waals surface area contributed by atoms with Crippen molar-refractivity contribution >= 4 is 22.7 Å². The predicted octanol–water partition coefficient (Wildman–Crippen LogP) is 4.49. The van der Waals surface area contributed by atoms with E-state index in [-0.39, 0.29) is 5.78 Å². The highest BCUT2D eigenvalue weighted by Gasteiger charge is 2.20. The summed E-state index contributed by atoms with van der Waals surface area (Å²) < 4.78 is 0. The summed E-state index contributed by atoms with van der Waals surface area (Å²) in [6.45, 7) is 3.65. The van der Waals surface area contributed by atoms with Gasteiger partial charge in [-0.1, -0.05) is 36.4 Å². The van der Waals surface area contributed by atoms with Crippen LogP contribution in [-0.4, -0.2) is 5.78 Å². The molecule has 94 valence electrons. The van der Waals surface area contributed by atoms with Gasteiger partial charge in [-0.3, -0.25) is 4.79 Å². The average Bonchev–Trinajstić information content (AvgIpc) is 3.01. The van der Waals surface area contributed by atoms with Crippen LogP contribution in [0.3, 0.4) is 0 Å². The Labute approximate surface area is 116 Å². The summed E-state index contributed by atoms with van der Waals surface area (Å²) in [4.78, 5) is 13.5. The smallest absolute Gasteiger partial charge is 0.167 e. The van der Waals surface area contributed by atoms with Gasteiger partial charge < -0.3 is 0 Å². The topological polar surface area (TPSA) is 17.1 Å². The zero-order valence-electron chi connectivity index (χ0n) is 10.6. The Morgan fingerprint density at radius 3 is 3.00 bits per heavy atom. The summed E-state index contributed by atoms with van der Waals surface area (Å²) >= 11 is 1.75. The van der Waals surface area contributed by atoms with E-state index in [0.717, 1.165) is 17.5 Å². The molecule has 0 spiro atoms. The number of rotatable bonds is 4. The highest BCUT2D eigenvalue weighted by molar-refractivity contribution is 7.11. The van der Waals surface area contributed by atoms with E-state index >= 15 is 0 Å². The molecular weight excluding hydrogens is 252 g/mol. The quantitative estimate of drug-likeness (QED) is 0.588. The summed E-state index contributed by atoms with van der Waals surface area (Å²) in [7, 11) is 0. The predicted molar refractivity (Wildman–Crippen MR) is 80.7 cm³/mol. The van der Waals surface area contributed by atoms with Gasteiger partial charge >= 0.3 is 0 Å². The van der Waals surface area contributed by atoms with Gasteiger partial charge in [0.05, 0.1) is 0 Å². The van der Waals surface area contributed by atoms with Gasteiger partial charge in [0.15, 0.2) is 5.78 Å². The van der Waals surface area contributed by atoms with Gasteiger partial charge in [0.1, 0.15) is 0 Å². The Morgan fingerprint density at radius 2 is 2.16 bits per heavy atom. The third-order valence-electron chi connectivity index (χ3n) is 3.36. The van der Waals surface area contributed by atoms with Crippen LogP contribution < -0.4 is 0 Å². The van der Waals surface area contributed by atoms with Crippen LogP contribution >= 0.6 is 11.3 Å². The molecule has 19 heavy (non-hydrogen) atoms. The van der Waals surface area contributed by atoms with E-state index in [0.29, 0.717) is 6.42 Å². The number of ketones is 1. The minimum atomic E-state index is 0.136. The third-order valence-corrected chi connectivity index (χ3v) is 4.35. The van der Waals surface area contributed by atoms with E-state index < -0.39 is 0 Å². The van der Waals surface area contributed by atoms with Crippen molar-refractivity contribution in [1.29, 1.82) is 0 Å². The molecule has 0 bridgehead atoms. The lowest BCUT2D eigenvalue weighted by Crippen LogP contribution is -2.02. The first-order valence-corrected chi connectivity index (χ1v) is 7.19. The second kappa shape index (κ2) is 4.98. The van der Waals surface area contributed by atoms with Crippen molar-refractivity contribution in [3.63, 3.8) is 0 Å². The molecule has 0 fully saturated rings. The Bertz CT molecular complexity index is 676. The van der Waals surface area contributed by atoms with Gasteiger partial charge in [-0.15, -0.1) is 17.9 Å².